The second-order valence-electron chi connectivity index (χ2n) is 3.86. The Labute approximate surface area is 106 Å². The fourth-order valence-electron chi connectivity index (χ4n) is 1.72. The monoisotopic (exact) mass is 241 g/mol. The van der Waals surface area contributed by atoms with Crippen molar-refractivity contribution in [2.75, 3.05) is 6.61 Å². The molecule has 1 aromatic heterocycles. The number of ether oxygens (including phenoxy) is 1. The van der Waals surface area contributed by atoms with E-state index in [4.69, 9.17) is 4.74 Å². The van der Waals surface area contributed by atoms with Gasteiger partial charge in [-0.2, -0.15) is 0 Å². The summed E-state index contributed by atoms with van der Waals surface area (Å²) in [6, 6.07) is 7.63. The minimum Gasteiger partial charge on any atom is -0.461 e. The summed E-state index contributed by atoms with van der Waals surface area (Å²) in [6.45, 7) is 4.18. The molecule has 0 saturated carbocycles. The Morgan fingerprint density at radius 3 is 2.89 bits per heavy atom. The van der Waals surface area contributed by atoms with Crippen LogP contribution in [0.2, 0.25) is 0 Å². The third kappa shape index (κ3) is 2.54. The highest BCUT2D eigenvalue weighted by Gasteiger charge is 2.09. The zero-order valence-corrected chi connectivity index (χ0v) is 10.5. The van der Waals surface area contributed by atoms with Crippen molar-refractivity contribution < 1.29 is 9.53 Å². The van der Waals surface area contributed by atoms with Gasteiger partial charge < -0.3 is 9.72 Å². The predicted octanol–water partition coefficient (Wildman–Crippen LogP) is 3.11. The first-order valence-corrected chi connectivity index (χ1v) is 6.03. The Kier molecular flexibility index (Phi) is 3.69. The third-order valence-corrected chi connectivity index (χ3v) is 2.53. The van der Waals surface area contributed by atoms with Crippen LogP contribution in [0.5, 0.6) is 0 Å². The third-order valence-electron chi connectivity index (χ3n) is 2.53. The SMILES string of the molecule is CCC#Cc1ccc2[nH]c(C(=O)OCC)cc2c1. The summed E-state index contributed by atoms with van der Waals surface area (Å²) >= 11 is 0. The fourth-order valence-corrected chi connectivity index (χ4v) is 1.72. The molecule has 0 unspecified atom stereocenters. The summed E-state index contributed by atoms with van der Waals surface area (Å²) < 4.78 is 4.95. The summed E-state index contributed by atoms with van der Waals surface area (Å²) in [5.41, 5.74) is 2.35. The van der Waals surface area contributed by atoms with E-state index in [9.17, 15) is 4.79 Å². The number of aromatic amines is 1. The molecular formula is C15H15NO2. The molecule has 0 aliphatic carbocycles. The molecule has 0 bridgehead atoms. The number of fused-ring (bicyclic) bond motifs is 1. The van der Waals surface area contributed by atoms with E-state index in [2.05, 4.69) is 16.8 Å². The van der Waals surface area contributed by atoms with Gasteiger partial charge in [-0.25, -0.2) is 4.79 Å². The molecular weight excluding hydrogens is 226 g/mol. The Morgan fingerprint density at radius 1 is 1.33 bits per heavy atom. The molecule has 0 spiro atoms. The van der Waals surface area contributed by atoms with Crippen LogP contribution in [-0.2, 0) is 4.74 Å². The predicted molar refractivity (Wildman–Crippen MR) is 71.4 cm³/mol. The van der Waals surface area contributed by atoms with E-state index in [-0.39, 0.29) is 5.97 Å². The smallest absolute Gasteiger partial charge is 0.354 e. The molecule has 3 nitrogen and oxygen atoms in total. The first kappa shape index (κ1) is 12.3. The average molecular weight is 241 g/mol. The van der Waals surface area contributed by atoms with Gasteiger partial charge in [0.05, 0.1) is 6.61 Å². The number of esters is 1. The molecule has 1 N–H and O–H groups in total. The van der Waals surface area contributed by atoms with Crippen LogP contribution in [0.4, 0.5) is 0 Å². The van der Waals surface area contributed by atoms with E-state index >= 15 is 0 Å². The van der Waals surface area contributed by atoms with Gasteiger partial charge in [-0.15, -0.1) is 0 Å². The number of carbonyl (C=O) groups excluding carboxylic acids is 1. The van der Waals surface area contributed by atoms with Gasteiger partial charge in [-0.3, -0.25) is 0 Å². The summed E-state index contributed by atoms with van der Waals surface area (Å²) in [5.74, 6) is 5.77. The van der Waals surface area contributed by atoms with Gasteiger partial charge in [0, 0.05) is 22.9 Å². The summed E-state index contributed by atoms with van der Waals surface area (Å²) in [4.78, 5) is 14.6. The van der Waals surface area contributed by atoms with Crippen molar-refractivity contribution in [3.05, 3.63) is 35.5 Å². The van der Waals surface area contributed by atoms with E-state index in [0.29, 0.717) is 12.3 Å². The Bertz CT molecular complexity index is 629. The highest BCUT2D eigenvalue weighted by molar-refractivity contribution is 5.95. The quantitative estimate of drug-likeness (QED) is 0.648. The van der Waals surface area contributed by atoms with Crippen molar-refractivity contribution in [2.24, 2.45) is 0 Å². The van der Waals surface area contributed by atoms with Gasteiger partial charge in [0.15, 0.2) is 0 Å². The summed E-state index contributed by atoms with van der Waals surface area (Å²) in [5, 5.41) is 0.973. The number of hydrogen-bond acceptors (Lipinski definition) is 2. The van der Waals surface area contributed by atoms with Crippen LogP contribution in [-0.4, -0.2) is 17.6 Å². The highest BCUT2D eigenvalue weighted by atomic mass is 16.5. The van der Waals surface area contributed by atoms with Gasteiger partial charge in [0.2, 0.25) is 0 Å². The minimum absolute atomic E-state index is 0.324. The molecule has 0 atom stereocenters. The van der Waals surface area contributed by atoms with Crippen molar-refractivity contribution in [2.45, 2.75) is 20.3 Å². The number of aromatic nitrogens is 1. The molecule has 2 rings (SSSR count). The highest BCUT2D eigenvalue weighted by Crippen LogP contribution is 2.17. The van der Waals surface area contributed by atoms with E-state index in [1.807, 2.05) is 25.1 Å². The minimum atomic E-state index is -0.324. The van der Waals surface area contributed by atoms with Crippen LogP contribution >= 0.6 is 0 Å². The van der Waals surface area contributed by atoms with Crippen LogP contribution in [0, 0.1) is 11.8 Å². The second-order valence-corrected chi connectivity index (χ2v) is 3.86. The van der Waals surface area contributed by atoms with Gasteiger partial charge in [0.25, 0.3) is 0 Å². The van der Waals surface area contributed by atoms with Crippen molar-refractivity contribution in [1.82, 2.24) is 4.98 Å². The van der Waals surface area contributed by atoms with Crippen molar-refractivity contribution in [3.8, 4) is 11.8 Å². The van der Waals surface area contributed by atoms with Gasteiger partial charge in [-0.1, -0.05) is 18.8 Å². The normalized spacial score (nSPS) is 9.89. The lowest BCUT2D eigenvalue weighted by molar-refractivity contribution is 0.0520. The summed E-state index contributed by atoms with van der Waals surface area (Å²) in [7, 11) is 0. The van der Waals surface area contributed by atoms with Gasteiger partial charge >= 0.3 is 5.97 Å². The van der Waals surface area contributed by atoms with E-state index < -0.39 is 0 Å². The number of benzene rings is 1. The van der Waals surface area contributed by atoms with Gasteiger partial charge in [0.1, 0.15) is 5.69 Å². The first-order valence-electron chi connectivity index (χ1n) is 6.03. The molecule has 0 aliphatic heterocycles. The molecule has 3 heteroatoms. The van der Waals surface area contributed by atoms with Crippen LogP contribution < -0.4 is 0 Å². The van der Waals surface area contributed by atoms with Crippen molar-refractivity contribution >= 4 is 16.9 Å². The zero-order valence-electron chi connectivity index (χ0n) is 10.5. The Hall–Kier alpha value is -2.21. The van der Waals surface area contributed by atoms with Crippen molar-refractivity contribution in [3.63, 3.8) is 0 Å². The second kappa shape index (κ2) is 5.42. The maximum absolute atomic E-state index is 11.6. The largest absolute Gasteiger partial charge is 0.461 e. The Morgan fingerprint density at radius 2 is 2.17 bits per heavy atom. The maximum Gasteiger partial charge on any atom is 0.354 e. The maximum atomic E-state index is 11.6. The molecule has 2 aromatic rings. The molecule has 0 saturated heterocycles. The zero-order chi connectivity index (χ0) is 13.0. The standard InChI is InChI=1S/C15H15NO2/c1-3-5-6-11-7-8-13-12(9-11)10-14(16-13)15(17)18-4-2/h7-10,16H,3-4H2,1-2H3. The lowest BCUT2D eigenvalue weighted by Gasteiger charge is -1.96. The van der Waals surface area contributed by atoms with E-state index in [1.54, 1.807) is 13.0 Å². The number of H-pyrrole nitrogens is 1. The topological polar surface area (TPSA) is 42.1 Å². The molecule has 18 heavy (non-hydrogen) atoms. The molecule has 1 heterocycles. The van der Waals surface area contributed by atoms with Crippen molar-refractivity contribution in [1.29, 1.82) is 0 Å². The van der Waals surface area contributed by atoms with E-state index in [1.165, 1.54) is 0 Å². The molecule has 0 radical (unpaired) electrons. The van der Waals surface area contributed by atoms with E-state index in [0.717, 1.165) is 22.9 Å². The van der Waals surface area contributed by atoms with Crippen LogP contribution in [0.1, 0.15) is 36.3 Å². The molecule has 0 aliphatic rings. The molecule has 92 valence electrons. The molecule has 0 amide bonds. The lowest BCUT2D eigenvalue weighted by atomic mass is 10.1. The summed E-state index contributed by atoms with van der Waals surface area (Å²) in [6.07, 6.45) is 0.833. The molecule has 0 fully saturated rings. The first-order chi connectivity index (χ1) is 8.74. The van der Waals surface area contributed by atoms with Gasteiger partial charge in [-0.05, 0) is 31.2 Å². The number of hydrogen-bond donors (Lipinski definition) is 1. The number of rotatable bonds is 2. The van der Waals surface area contributed by atoms with Crippen LogP contribution in [0.25, 0.3) is 10.9 Å². The van der Waals surface area contributed by atoms with Crippen LogP contribution in [0.3, 0.4) is 0 Å². The fraction of sp³-hybridized carbons (Fsp3) is 0.267. The molecule has 1 aromatic carbocycles. The number of nitrogens with one attached hydrogen (secondary N) is 1. The number of carbonyl (C=O) groups is 1. The average Bonchev–Trinajstić information content (AvgIpc) is 2.79. The van der Waals surface area contributed by atoms with Crippen LogP contribution in [0.15, 0.2) is 24.3 Å². The Balaban J connectivity index is 2.36. The lowest BCUT2D eigenvalue weighted by Crippen LogP contribution is -2.04.